The lowest BCUT2D eigenvalue weighted by molar-refractivity contribution is 0.660. The number of furan rings is 1. The highest BCUT2D eigenvalue weighted by molar-refractivity contribution is 6.26. The van der Waals surface area contributed by atoms with Gasteiger partial charge in [0.1, 0.15) is 11.2 Å². The van der Waals surface area contributed by atoms with Gasteiger partial charge in [0.15, 0.2) is 17.5 Å². The highest BCUT2D eigenvalue weighted by Crippen LogP contribution is 2.49. The molecule has 0 bridgehead atoms. The van der Waals surface area contributed by atoms with Crippen LogP contribution in [-0.4, -0.2) is 15.0 Å². The van der Waals surface area contributed by atoms with Crippen molar-refractivity contribution >= 4 is 54.3 Å². The molecule has 0 saturated heterocycles. The minimum Gasteiger partial charge on any atom is -0.456 e. The summed E-state index contributed by atoms with van der Waals surface area (Å²) in [5, 5.41) is 9.57. The summed E-state index contributed by atoms with van der Waals surface area (Å²) < 4.78 is 6.54. The molecule has 2 heterocycles. The van der Waals surface area contributed by atoms with Crippen molar-refractivity contribution in [1.82, 2.24) is 15.0 Å². The van der Waals surface area contributed by atoms with Gasteiger partial charge in [0, 0.05) is 32.9 Å². The molecule has 11 aromatic rings. The average molecular weight is 742 g/mol. The van der Waals surface area contributed by atoms with Gasteiger partial charge < -0.3 is 4.42 Å². The normalized spacial score (nSPS) is 13.1. The largest absolute Gasteiger partial charge is 0.456 e. The molecule has 9 aromatic carbocycles. The van der Waals surface area contributed by atoms with Crippen molar-refractivity contribution in [3.63, 3.8) is 0 Å². The fraction of sp³-hybridized carbons (Fsp3) is 0.0556. The van der Waals surface area contributed by atoms with Crippen LogP contribution in [0, 0.1) is 0 Å². The van der Waals surface area contributed by atoms with Crippen molar-refractivity contribution in [2.24, 2.45) is 0 Å². The van der Waals surface area contributed by atoms with Gasteiger partial charge in [0.25, 0.3) is 0 Å². The summed E-state index contributed by atoms with van der Waals surface area (Å²) in [5.74, 6) is 1.87. The lowest BCUT2D eigenvalue weighted by atomic mass is 9.82. The molecule has 0 aliphatic heterocycles. The first kappa shape index (κ1) is 32.8. The van der Waals surface area contributed by atoms with Crippen LogP contribution < -0.4 is 0 Å². The van der Waals surface area contributed by atoms with E-state index in [2.05, 4.69) is 159 Å². The van der Waals surface area contributed by atoms with Crippen molar-refractivity contribution in [1.29, 1.82) is 0 Å². The van der Waals surface area contributed by atoms with Gasteiger partial charge in [-0.3, -0.25) is 0 Å². The van der Waals surface area contributed by atoms with Crippen molar-refractivity contribution in [2.45, 2.75) is 19.3 Å². The molecule has 12 rings (SSSR count). The molecule has 1 aliphatic carbocycles. The number of benzene rings is 9. The second-order valence-electron chi connectivity index (χ2n) is 15.9. The zero-order valence-electron chi connectivity index (χ0n) is 32.0. The Labute approximate surface area is 335 Å². The van der Waals surface area contributed by atoms with Crippen LogP contribution in [0.4, 0.5) is 0 Å². The topological polar surface area (TPSA) is 51.8 Å². The Morgan fingerprint density at radius 2 is 0.897 bits per heavy atom. The number of hydrogen-bond donors (Lipinski definition) is 0. The first-order valence-electron chi connectivity index (χ1n) is 19.9. The smallest absolute Gasteiger partial charge is 0.164 e. The molecular formula is C54H35N3O. The molecule has 0 amide bonds. The lowest BCUT2D eigenvalue weighted by Crippen LogP contribution is -2.15. The maximum absolute atomic E-state index is 6.54. The summed E-state index contributed by atoms with van der Waals surface area (Å²) in [5.41, 5.74) is 11.7. The number of aromatic nitrogens is 3. The van der Waals surface area contributed by atoms with Crippen LogP contribution >= 0.6 is 0 Å². The van der Waals surface area contributed by atoms with Crippen LogP contribution in [-0.2, 0) is 5.41 Å². The van der Waals surface area contributed by atoms with Gasteiger partial charge in [0.05, 0.1) is 0 Å². The predicted molar refractivity (Wildman–Crippen MR) is 239 cm³/mol. The van der Waals surface area contributed by atoms with E-state index in [0.29, 0.717) is 17.5 Å². The van der Waals surface area contributed by atoms with Gasteiger partial charge in [-0.2, -0.15) is 0 Å². The van der Waals surface area contributed by atoms with Crippen LogP contribution in [0.2, 0.25) is 0 Å². The molecule has 2 aromatic heterocycles. The van der Waals surface area contributed by atoms with Gasteiger partial charge in [-0.05, 0) is 96.0 Å². The predicted octanol–water partition coefficient (Wildman–Crippen LogP) is 14.2. The third-order valence-electron chi connectivity index (χ3n) is 12.3. The molecule has 4 heteroatoms. The van der Waals surface area contributed by atoms with Crippen molar-refractivity contribution in [2.75, 3.05) is 0 Å². The first-order valence-corrected chi connectivity index (χ1v) is 19.9. The summed E-state index contributed by atoms with van der Waals surface area (Å²) in [6, 6.07) is 62.6. The summed E-state index contributed by atoms with van der Waals surface area (Å²) in [6.45, 7) is 4.60. The highest BCUT2D eigenvalue weighted by atomic mass is 16.3. The monoisotopic (exact) mass is 741 g/mol. The molecule has 0 atom stereocenters. The summed E-state index contributed by atoms with van der Waals surface area (Å²) in [7, 11) is 0. The standard InChI is InChI=1S/C54H35N3O/c1-54(2)46-21-11-10-19-41(46)42-27-24-35(31-47(42)54)52-55-51(32-13-4-3-5-14-32)56-53(57-52)43-20-12-22-49-50(43)45-30-34(25-28-48(45)58-49)33-23-26-40-38-17-7-6-15-36(38)37-16-8-9-18-39(37)44(40)29-33/h3-31H,1-2H3. The molecule has 1 aliphatic rings. The number of fused-ring (bicyclic) bond motifs is 12. The summed E-state index contributed by atoms with van der Waals surface area (Å²) >= 11 is 0. The van der Waals surface area contributed by atoms with Crippen molar-refractivity contribution in [3.05, 3.63) is 187 Å². The lowest BCUT2D eigenvalue weighted by Gasteiger charge is -2.21. The average Bonchev–Trinajstić information content (AvgIpc) is 3.77. The molecule has 0 fully saturated rings. The maximum atomic E-state index is 6.54. The van der Waals surface area contributed by atoms with E-state index < -0.39 is 0 Å². The highest BCUT2D eigenvalue weighted by Gasteiger charge is 2.35. The second-order valence-corrected chi connectivity index (χ2v) is 15.9. The fourth-order valence-electron chi connectivity index (χ4n) is 9.47. The molecule has 0 spiro atoms. The molecule has 0 N–H and O–H groups in total. The van der Waals surface area contributed by atoms with Gasteiger partial charge in [-0.1, -0.05) is 159 Å². The summed E-state index contributed by atoms with van der Waals surface area (Å²) in [4.78, 5) is 15.6. The number of rotatable bonds is 4. The Kier molecular flexibility index (Phi) is 6.94. The Bertz CT molecular complexity index is 3450. The van der Waals surface area contributed by atoms with E-state index in [1.54, 1.807) is 0 Å². The third-order valence-corrected chi connectivity index (χ3v) is 12.3. The van der Waals surface area contributed by atoms with Crippen molar-refractivity contribution < 1.29 is 4.42 Å². The number of nitrogens with zero attached hydrogens (tertiary/aromatic N) is 3. The van der Waals surface area contributed by atoms with Crippen LogP contribution in [0.5, 0.6) is 0 Å². The first-order chi connectivity index (χ1) is 28.5. The molecule has 0 saturated carbocycles. The van der Waals surface area contributed by atoms with Gasteiger partial charge in [0.2, 0.25) is 0 Å². The quantitative estimate of drug-likeness (QED) is 0.169. The van der Waals surface area contributed by atoms with Crippen LogP contribution in [0.15, 0.2) is 180 Å². The maximum Gasteiger partial charge on any atom is 0.164 e. The van der Waals surface area contributed by atoms with Crippen LogP contribution in [0.1, 0.15) is 25.0 Å². The molecule has 0 unspecified atom stereocenters. The van der Waals surface area contributed by atoms with E-state index in [0.717, 1.165) is 49.8 Å². The Morgan fingerprint density at radius 1 is 0.345 bits per heavy atom. The van der Waals surface area contributed by atoms with Gasteiger partial charge >= 0.3 is 0 Å². The third kappa shape index (κ3) is 4.85. The SMILES string of the molecule is CC1(C)c2ccccc2-c2ccc(-c3nc(-c4ccccc4)nc(-c4cccc5oc6ccc(-c7ccc8c9ccccc9c9ccccc9c8c7)cc6c45)n3)cc21. The fourth-order valence-corrected chi connectivity index (χ4v) is 9.47. The minimum atomic E-state index is -0.148. The van der Waals surface area contributed by atoms with E-state index >= 15 is 0 Å². The second kappa shape index (κ2) is 12.3. The van der Waals surface area contributed by atoms with E-state index in [-0.39, 0.29) is 5.41 Å². The summed E-state index contributed by atoms with van der Waals surface area (Å²) in [6.07, 6.45) is 0. The minimum absolute atomic E-state index is 0.148. The number of hydrogen-bond acceptors (Lipinski definition) is 4. The molecule has 272 valence electrons. The van der Waals surface area contributed by atoms with E-state index in [9.17, 15) is 0 Å². The molecule has 0 radical (unpaired) electrons. The zero-order chi connectivity index (χ0) is 38.5. The molecule has 58 heavy (non-hydrogen) atoms. The van der Waals surface area contributed by atoms with E-state index in [1.807, 2.05) is 30.3 Å². The van der Waals surface area contributed by atoms with Crippen LogP contribution in [0.25, 0.3) is 111 Å². The zero-order valence-corrected chi connectivity index (χ0v) is 32.0. The van der Waals surface area contributed by atoms with Gasteiger partial charge in [-0.15, -0.1) is 0 Å². The van der Waals surface area contributed by atoms with Crippen molar-refractivity contribution in [3.8, 4) is 56.4 Å². The van der Waals surface area contributed by atoms with E-state index in [4.69, 9.17) is 19.4 Å². The molecular weight excluding hydrogens is 707 g/mol. The van der Waals surface area contributed by atoms with E-state index in [1.165, 1.54) is 54.6 Å². The Morgan fingerprint density at radius 3 is 1.66 bits per heavy atom. The van der Waals surface area contributed by atoms with Gasteiger partial charge in [-0.25, -0.2) is 15.0 Å². The Balaban J connectivity index is 1.04. The Hall–Kier alpha value is -7.43. The van der Waals surface area contributed by atoms with Crippen LogP contribution in [0.3, 0.4) is 0 Å². The molecule has 4 nitrogen and oxygen atoms in total.